The van der Waals surface area contributed by atoms with Crippen molar-refractivity contribution in [1.29, 1.82) is 0 Å². The van der Waals surface area contributed by atoms with Gasteiger partial charge in [-0.2, -0.15) is 0 Å². The summed E-state index contributed by atoms with van der Waals surface area (Å²) >= 11 is 0. The van der Waals surface area contributed by atoms with Gasteiger partial charge in [0.05, 0.1) is 11.6 Å². The van der Waals surface area contributed by atoms with Crippen LogP contribution in [-0.4, -0.2) is 30.4 Å². The van der Waals surface area contributed by atoms with Crippen molar-refractivity contribution < 1.29 is 32.3 Å². The highest BCUT2D eigenvalue weighted by atomic mass is 19.1. The summed E-state index contributed by atoms with van der Waals surface area (Å²) < 4.78 is 46.2. The molecule has 0 saturated carbocycles. The Bertz CT molecular complexity index is 946. The lowest BCUT2D eigenvalue weighted by Crippen LogP contribution is -2.33. The standard InChI is InChI=1S/C20H17F3N2O4/c1-11(19(27)24-18-14(22)6-4-7-15(18)23)29-20(28)12-9-17(26)25(10-12)16-8-3-2-5-13(16)21/h2-8,11-12H,9-10H2,1H3,(H,24,27)/t11-,12+/m1/s1. The molecular formula is C20H17F3N2O4. The van der Waals surface area contributed by atoms with Gasteiger partial charge in [-0.15, -0.1) is 0 Å². The van der Waals surface area contributed by atoms with Crippen LogP contribution in [0.4, 0.5) is 24.5 Å². The monoisotopic (exact) mass is 406 g/mol. The first kappa shape index (κ1) is 20.4. The summed E-state index contributed by atoms with van der Waals surface area (Å²) in [4.78, 5) is 37.8. The molecule has 0 radical (unpaired) electrons. The molecule has 1 fully saturated rings. The van der Waals surface area contributed by atoms with Crippen molar-refractivity contribution in [2.75, 3.05) is 16.8 Å². The fourth-order valence-electron chi connectivity index (χ4n) is 2.93. The fourth-order valence-corrected chi connectivity index (χ4v) is 2.93. The molecule has 2 atom stereocenters. The minimum absolute atomic E-state index is 0.0496. The maximum absolute atomic E-state index is 13.9. The van der Waals surface area contributed by atoms with Gasteiger partial charge in [0.2, 0.25) is 5.91 Å². The molecular weight excluding hydrogens is 389 g/mol. The normalized spacial score (nSPS) is 17.2. The predicted molar refractivity (Wildman–Crippen MR) is 97.4 cm³/mol. The van der Waals surface area contributed by atoms with Crippen molar-refractivity contribution in [3.63, 3.8) is 0 Å². The Morgan fingerprint density at radius 1 is 1.07 bits per heavy atom. The van der Waals surface area contributed by atoms with Crippen LogP contribution < -0.4 is 10.2 Å². The zero-order valence-corrected chi connectivity index (χ0v) is 15.3. The number of ether oxygens (including phenoxy) is 1. The van der Waals surface area contributed by atoms with E-state index in [1.165, 1.54) is 25.1 Å². The van der Waals surface area contributed by atoms with Gasteiger partial charge in [-0.3, -0.25) is 14.4 Å². The minimum atomic E-state index is -1.36. The number of carbonyl (C=O) groups is 3. The third-order valence-electron chi connectivity index (χ3n) is 4.47. The van der Waals surface area contributed by atoms with Gasteiger partial charge in [-0.25, -0.2) is 13.2 Å². The second kappa shape index (κ2) is 8.34. The summed E-state index contributed by atoms with van der Waals surface area (Å²) in [5, 5.41) is 2.03. The van der Waals surface area contributed by atoms with E-state index in [4.69, 9.17) is 4.74 Å². The molecule has 152 valence electrons. The Hall–Kier alpha value is -3.36. The van der Waals surface area contributed by atoms with Crippen molar-refractivity contribution in [2.24, 2.45) is 5.92 Å². The molecule has 0 bridgehead atoms. The minimum Gasteiger partial charge on any atom is -0.452 e. The van der Waals surface area contributed by atoms with Crippen LogP contribution in [0.3, 0.4) is 0 Å². The second-order valence-electron chi connectivity index (χ2n) is 6.52. The number of carbonyl (C=O) groups excluding carboxylic acids is 3. The first-order valence-corrected chi connectivity index (χ1v) is 8.78. The third-order valence-corrected chi connectivity index (χ3v) is 4.47. The molecule has 1 aliphatic heterocycles. The maximum atomic E-state index is 13.9. The lowest BCUT2D eigenvalue weighted by Gasteiger charge is -2.18. The summed E-state index contributed by atoms with van der Waals surface area (Å²) in [7, 11) is 0. The van der Waals surface area contributed by atoms with Gasteiger partial charge in [-0.1, -0.05) is 18.2 Å². The molecule has 0 aromatic heterocycles. The number of para-hydroxylation sites is 2. The molecule has 0 spiro atoms. The molecule has 2 aromatic carbocycles. The average molecular weight is 406 g/mol. The van der Waals surface area contributed by atoms with Crippen molar-refractivity contribution in [3.05, 3.63) is 59.9 Å². The van der Waals surface area contributed by atoms with Crippen LogP contribution in [0.25, 0.3) is 0 Å². The molecule has 0 unspecified atom stereocenters. The third kappa shape index (κ3) is 4.39. The number of esters is 1. The number of amides is 2. The van der Waals surface area contributed by atoms with Crippen LogP contribution in [0, 0.1) is 23.4 Å². The van der Waals surface area contributed by atoms with E-state index in [2.05, 4.69) is 0 Å². The van der Waals surface area contributed by atoms with E-state index in [0.717, 1.165) is 23.1 Å². The SMILES string of the molecule is C[C@@H](OC(=O)[C@H]1CC(=O)N(c2ccccc2F)C1)C(=O)Nc1c(F)cccc1F. The quantitative estimate of drug-likeness (QED) is 0.775. The Kier molecular flexibility index (Phi) is 5.86. The lowest BCUT2D eigenvalue weighted by atomic mass is 10.1. The van der Waals surface area contributed by atoms with Gasteiger partial charge in [-0.05, 0) is 31.2 Å². The van der Waals surface area contributed by atoms with Crippen molar-refractivity contribution in [1.82, 2.24) is 0 Å². The molecule has 29 heavy (non-hydrogen) atoms. The van der Waals surface area contributed by atoms with Gasteiger partial charge in [0.15, 0.2) is 6.10 Å². The average Bonchev–Trinajstić information content (AvgIpc) is 3.06. The molecule has 9 heteroatoms. The van der Waals surface area contributed by atoms with Crippen molar-refractivity contribution in [2.45, 2.75) is 19.4 Å². The molecule has 0 aliphatic carbocycles. The molecule has 2 aromatic rings. The summed E-state index contributed by atoms with van der Waals surface area (Å²) in [6.07, 6.45) is -1.57. The molecule has 3 rings (SSSR count). The van der Waals surface area contributed by atoms with Gasteiger partial charge in [0.25, 0.3) is 5.91 Å². The van der Waals surface area contributed by atoms with Gasteiger partial charge in [0, 0.05) is 13.0 Å². The van der Waals surface area contributed by atoms with Crippen LogP contribution in [0.2, 0.25) is 0 Å². The van der Waals surface area contributed by atoms with Gasteiger partial charge >= 0.3 is 5.97 Å². The number of hydrogen-bond donors (Lipinski definition) is 1. The van der Waals surface area contributed by atoms with Gasteiger partial charge < -0.3 is 15.0 Å². The summed E-state index contributed by atoms with van der Waals surface area (Å²) in [6.45, 7) is 1.13. The number of halogens is 3. The maximum Gasteiger partial charge on any atom is 0.312 e. The van der Waals surface area contributed by atoms with Gasteiger partial charge in [0.1, 0.15) is 23.1 Å². The van der Waals surface area contributed by atoms with Crippen molar-refractivity contribution >= 4 is 29.2 Å². The van der Waals surface area contributed by atoms with Crippen LogP contribution in [0.5, 0.6) is 0 Å². The Labute approximate surface area is 164 Å². The first-order valence-electron chi connectivity index (χ1n) is 8.78. The second-order valence-corrected chi connectivity index (χ2v) is 6.52. The van der Waals surface area contributed by atoms with E-state index in [1.54, 1.807) is 6.07 Å². The van der Waals surface area contributed by atoms with E-state index in [9.17, 15) is 27.6 Å². The topological polar surface area (TPSA) is 75.7 Å². The molecule has 1 saturated heterocycles. The van der Waals surface area contributed by atoms with E-state index in [1.807, 2.05) is 5.32 Å². The van der Waals surface area contributed by atoms with Crippen LogP contribution >= 0.6 is 0 Å². The summed E-state index contributed by atoms with van der Waals surface area (Å²) in [5.74, 6) is -5.68. The Balaban J connectivity index is 1.62. The predicted octanol–water partition coefficient (Wildman–Crippen LogP) is 3.03. The molecule has 1 aliphatic rings. The highest BCUT2D eigenvalue weighted by Gasteiger charge is 2.38. The number of hydrogen-bond acceptors (Lipinski definition) is 4. The van der Waals surface area contributed by atoms with Crippen LogP contribution in [0.1, 0.15) is 13.3 Å². The number of nitrogens with zero attached hydrogens (tertiary/aromatic N) is 1. The number of rotatable bonds is 5. The molecule has 2 amide bonds. The lowest BCUT2D eigenvalue weighted by molar-refractivity contribution is -0.157. The zero-order valence-electron chi connectivity index (χ0n) is 15.3. The highest BCUT2D eigenvalue weighted by molar-refractivity contribution is 6.00. The molecule has 1 heterocycles. The van der Waals surface area contributed by atoms with E-state index in [0.29, 0.717) is 0 Å². The highest BCUT2D eigenvalue weighted by Crippen LogP contribution is 2.28. The van der Waals surface area contributed by atoms with E-state index < -0.39 is 52.9 Å². The smallest absolute Gasteiger partial charge is 0.312 e. The van der Waals surface area contributed by atoms with E-state index >= 15 is 0 Å². The Morgan fingerprint density at radius 3 is 2.34 bits per heavy atom. The van der Waals surface area contributed by atoms with Crippen LogP contribution in [0.15, 0.2) is 42.5 Å². The summed E-state index contributed by atoms with van der Waals surface area (Å²) in [5.41, 5.74) is -0.601. The Morgan fingerprint density at radius 2 is 1.69 bits per heavy atom. The zero-order chi connectivity index (χ0) is 21.1. The van der Waals surface area contributed by atoms with E-state index in [-0.39, 0.29) is 18.7 Å². The van der Waals surface area contributed by atoms with Crippen molar-refractivity contribution in [3.8, 4) is 0 Å². The fraction of sp³-hybridized carbons (Fsp3) is 0.250. The molecule has 1 N–H and O–H groups in total. The first-order chi connectivity index (χ1) is 13.8. The number of anilines is 2. The largest absolute Gasteiger partial charge is 0.452 e. The van der Waals surface area contributed by atoms with Crippen LogP contribution in [-0.2, 0) is 19.1 Å². The number of nitrogens with one attached hydrogen (secondary N) is 1. The molecule has 6 nitrogen and oxygen atoms in total. The number of benzene rings is 2. The summed E-state index contributed by atoms with van der Waals surface area (Å²) in [6, 6.07) is 8.73.